The Balaban J connectivity index is 2.29. The number of rotatable bonds is 4. The predicted octanol–water partition coefficient (Wildman–Crippen LogP) is 5.11. The van der Waals surface area contributed by atoms with Gasteiger partial charge in [0.1, 0.15) is 17.2 Å². The van der Waals surface area contributed by atoms with E-state index in [0.717, 1.165) is 17.4 Å². The number of aromatic nitrogens is 2. The third-order valence-corrected chi connectivity index (χ3v) is 4.69. The van der Waals surface area contributed by atoms with Crippen molar-refractivity contribution >= 4 is 34.0 Å². The van der Waals surface area contributed by atoms with Crippen LogP contribution in [0, 0.1) is 11.6 Å². The Morgan fingerprint density at radius 2 is 2.19 bits per heavy atom. The van der Waals surface area contributed by atoms with E-state index in [1.807, 2.05) is 29.0 Å². The highest BCUT2D eigenvalue weighted by molar-refractivity contribution is 7.10. The number of hydrogen-bond acceptors (Lipinski definition) is 2. The first-order chi connectivity index (χ1) is 10.2. The molecule has 21 heavy (non-hydrogen) atoms. The van der Waals surface area contributed by atoms with Crippen molar-refractivity contribution in [1.82, 2.24) is 9.55 Å². The van der Waals surface area contributed by atoms with Crippen molar-refractivity contribution in [3.63, 3.8) is 0 Å². The second kappa shape index (κ2) is 5.73. The average molecular weight is 327 g/mol. The number of nitrogens with zero attached hydrogens (tertiary/aromatic N) is 2. The lowest BCUT2D eigenvalue weighted by Crippen LogP contribution is -2.11. The summed E-state index contributed by atoms with van der Waals surface area (Å²) in [5.74, 6) is -0.562. The Bertz CT molecular complexity index is 768. The van der Waals surface area contributed by atoms with Crippen LogP contribution >= 0.6 is 22.9 Å². The van der Waals surface area contributed by atoms with Crippen LogP contribution in [-0.2, 0) is 5.88 Å². The fourth-order valence-electron chi connectivity index (χ4n) is 2.60. The monoisotopic (exact) mass is 326 g/mol. The molecular formula is C15H13ClF2N2S. The van der Waals surface area contributed by atoms with Gasteiger partial charge in [0.25, 0.3) is 0 Å². The lowest BCUT2D eigenvalue weighted by Gasteiger charge is -2.18. The van der Waals surface area contributed by atoms with Gasteiger partial charge in [0.05, 0.1) is 17.4 Å². The number of fused-ring (bicyclic) bond motifs is 1. The quantitative estimate of drug-likeness (QED) is 0.609. The number of imidazole rings is 1. The molecule has 0 saturated heterocycles. The zero-order valence-corrected chi connectivity index (χ0v) is 12.9. The van der Waals surface area contributed by atoms with Crippen LogP contribution in [-0.4, -0.2) is 9.55 Å². The first-order valence-electron chi connectivity index (χ1n) is 6.61. The van der Waals surface area contributed by atoms with Gasteiger partial charge in [0.2, 0.25) is 0 Å². The van der Waals surface area contributed by atoms with Gasteiger partial charge in [0, 0.05) is 17.0 Å². The molecule has 2 aromatic heterocycles. The fourth-order valence-corrected chi connectivity index (χ4v) is 3.69. The van der Waals surface area contributed by atoms with Crippen LogP contribution in [0.25, 0.3) is 11.0 Å². The summed E-state index contributed by atoms with van der Waals surface area (Å²) in [5.41, 5.74) is 0.616. The maximum absolute atomic E-state index is 13.9. The van der Waals surface area contributed by atoms with E-state index < -0.39 is 11.6 Å². The Labute approximate surface area is 130 Å². The van der Waals surface area contributed by atoms with Gasteiger partial charge in [-0.25, -0.2) is 13.8 Å². The number of alkyl halides is 1. The van der Waals surface area contributed by atoms with E-state index in [-0.39, 0.29) is 17.4 Å². The molecule has 0 aliphatic rings. The second-order valence-electron chi connectivity index (χ2n) is 4.73. The lowest BCUT2D eigenvalue weighted by molar-refractivity contribution is 0.569. The average Bonchev–Trinajstić information content (AvgIpc) is 3.09. The minimum Gasteiger partial charge on any atom is -0.318 e. The molecule has 0 saturated carbocycles. The zero-order valence-electron chi connectivity index (χ0n) is 11.3. The third-order valence-electron chi connectivity index (χ3n) is 3.48. The summed E-state index contributed by atoms with van der Waals surface area (Å²) in [5, 5.41) is 1.98. The molecule has 2 heterocycles. The molecule has 1 unspecified atom stereocenters. The first-order valence-corrected chi connectivity index (χ1v) is 8.02. The van der Waals surface area contributed by atoms with E-state index >= 15 is 0 Å². The van der Waals surface area contributed by atoms with Crippen molar-refractivity contribution in [2.24, 2.45) is 0 Å². The number of hydrogen-bond donors (Lipinski definition) is 0. The van der Waals surface area contributed by atoms with Gasteiger partial charge in [-0.3, -0.25) is 0 Å². The van der Waals surface area contributed by atoms with Crippen LogP contribution in [0.15, 0.2) is 29.6 Å². The molecule has 6 heteroatoms. The molecule has 0 aliphatic heterocycles. The lowest BCUT2D eigenvalue weighted by atomic mass is 10.1. The molecule has 1 atom stereocenters. The minimum atomic E-state index is -0.656. The van der Waals surface area contributed by atoms with Gasteiger partial charge in [-0.15, -0.1) is 22.9 Å². The Kier molecular flexibility index (Phi) is 3.95. The third kappa shape index (κ3) is 2.45. The molecule has 0 N–H and O–H groups in total. The Hall–Kier alpha value is -1.46. The molecule has 0 amide bonds. The van der Waals surface area contributed by atoms with Gasteiger partial charge in [-0.2, -0.15) is 0 Å². The number of benzene rings is 1. The van der Waals surface area contributed by atoms with E-state index in [2.05, 4.69) is 4.98 Å². The van der Waals surface area contributed by atoms with Gasteiger partial charge in [-0.1, -0.05) is 13.0 Å². The maximum Gasteiger partial charge on any atom is 0.153 e. The van der Waals surface area contributed by atoms with E-state index in [1.165, 1.54) is 6.07 Å². The normalized spacial score (nSPS) is 13.0. The zero-order chi connectivity index (χ0) is 15.0. The van der Waals surface area contributed by atoms with E-state index in [4.69, 9.17) is 11.6 Å². The van der Waals surface area contributed by atoms with Crippen molar-refractivity contribution in [3.05, 3.63) is 52.0 Å². The van der Waals surface area contributed by atoms with E-state index in [9.17, 15) is 8.78 Å². The second-order valence-corrected chi connectivity index (χ2v) is 5.97. The van der Waals surface area contributed by atoms with Crippen molar-refractivity contribution < 1.29 is 8.78 Å². The molecule has 1 aromatic carbocycles. The molecule has 0 spiro atoms. The summed E-state index contributed by atoms with van der Waals surface area (Å²) in [6.07, 6.45) is 0.786. The van der Waals surface area contributed by atoms with Crippen LogP contribution in [0.5, 0.6) is 0 Å². The highest BCUT2D eigenvalue weighted by Crippen LogP contribution is 2.32. The topological polar surface area (TPSA) is 17.8 Å². The molecule has 2 nitrogen and oxygen atoms in total. The Morgan fingerprint density at radius 3 is 2.81 bits per heavy atom. The Morgan fingerprint density at radius 1 is 1.38 bits per heavy atom. The molecule has 110 valence electrons. The highest BCUT2D eigenvalue weighted by Gasteiger charge is 2.22. The van der Waals surface area contributed by atoms with Crippen molar-refractivity contribution in [2.45, 2.75) is 25.3 Å². The van der Waals surface area contributed by atoms with Gasteiger partial charge < -0.3 is 4.57 Å². The number of thiophene rings is 1. The summed E-state index contributed by atoms with van der Waals surface area (Å²) >= 11 is 7.57. The summed E-state index contributed by atoms with van der Waals surface area (Å²) < 4.78 is 29.4. The molecule has 0 fully saturated rings. The number of halogens is 3. The van der Waals surface area contributed by atoms with Crippen LogP contribution in [0.3, 0.4) is 0 Å². The summed E-state index contributed by atoms with van der Waals surface area (Å²) in [4.78, 5) is 5.36. The molecule has 0 bridgehead atoms. The van der Waals surface area contributed by atoms with Crippen molar-refractivity contribution in [2.75, 3.05) is 0 Å². The molecular weight excluding hydrogens is 314 g/mol. The first kappa shape index (κ1) is 14.5. The SMILES string of the molecule is CCC(c1cccs1)n1c(CCl)nc2c(F)cc(F)cc21. The minimum absolute atomic E-state index is 0.0232. The summed E-state index contributed by atoms with van der Waals surface area (Å²) in [7, 11) is 0. The van der Waals surface area contributed by atoms with Crippen LogP contribution in [0.2, 0.25) is 0 Å². The highest BCUT2D eigenvalue weighted by atomic mass is 35.5. The van der Waals surface area contributed by atoms with Crippen LogP contribution < -0.4 is 0 Å². The molecule has 3 rings (SSSR count). The van der Waals surface area contributed by atoms with Crippen molar-refractivity contribution in [3.8, 4) is 0 Å². The van der Waals surface area contributed by atoms with Gasteiger partial charge in [0.15, 0.2) is 5.82 Å². The maximum atomic E-state index is 13.9. The van der Waals surface area contributed by atoms with Gasteiger partial charge in [-0.05, 0) is 17.9 Å². The summed E-state index contributed by atoms with van der Waals surface area (Å²) in [6, 6.07) is 6.12. The van der Waals surface area contributed by atoms with E-state index in [1.54, 1.807) is 11.3 Å². The van der Waals surface area contributed by atoms with Crippen molar-refractivity contribution in [1.29, 1.82) is 0 Å². The van der Waals surface area contributed by atoms with E-state index in [0.29, 0.717) is 11.3 Å². The molecule has 0 aliphatic carbocycles. The van der Waals surface area contributed by atoms with Gasteiger partial charge >= 0.3 is 0 Å². The van der Waals surface area contributed by atoms with Crippen LogP contribution in [0.4, 0.5) is 8.78 Å². The largest absolute Gasteiger partial charge is 0.318 e. The smallest absolute Gasteiger partial charge is 0.153 e. The van der Waals surface area contributed by atoms with Crippen LogP contribution in [0.1, 0.15) is 30.1 Å². The molecule has 0 radical (unpaired) electrons. The standard InChI is InChI=1S/C15H13ClF2N2S/c1-2-11(13-4-3-5-21-13)20-12-7-9(17)6-10(18)15(12)19-14(20)8-16/h3-7,11H,2,8H2,1H3. The molecule has 3 aromatic rings. The summed E-state index contributed by atoms with van der Waals surface area (Å²) in [6.45, 7) is 2.03. The fraction of sp³-hybridized carbons (Fsp3) is 0.267. The predicted molar refractivity (Wildman–Crippen MR) is 82.0 cm³/mol.